The number of hydrogen-bond donors (Lipinski definition) is 0. The summed E-state index contributed by atoms with van der Waals surface area (Å²) in [7, 11) is 0. The van der Waals surface area contributed by atoms with E-state index in [1.54, 1.807) is 4.90 Å². The van der Waals surface area contributed by atoms with Crippen molar-refractivity contribution in [3.63, 3.8) is 0 Å². The third-order valence-corrected chi connectivity index (χ3v) is 5.03. The molecule has 1 saturated heterocycles. The number of hydrogen-bond acceptors (Lipinski definition) is 3. The van der Waals surface area contributed by atoms with Gasteiger partial charge in [0.2, 0.25) is 0 Å². The summed E-state index contributed by atoms with van der Waals surface area (Å²) in [6, 6.07) is 16.2. The van der Waals surface area contributed by atoms with Crippen LogP contribution in [0.3, 0.4) is 0 Å². The van der Waals surface area contributed by atoms with Crippen LogP contribution in [0, 0.1) is 0 Å². The van der Waals surface area contributed by atoms with Crippen LogP contribution in [0.25, 0.3) is 11.1 Å². The van der Waals surface area contributed by atoms with Gasteiger partial charge in [0.25, 0.3) is 0 Å². The Balaban J connectivity index is 1.55. The maximum absolute atomic E-state index is 12.3. The lowest BCUT2D eigenvalue weighted by Crippen LogP contribution is -2.37. The minimum absolute atomic E-state index is 0.0543. The Hall–Kier alpha value is -2.62. The summed E-state index contributed by atoms with van der Waals surface area (Å²) in [5, 5.41) is 0. The molecule has 0 aromatic heterocycles. The zero-order valence-corrected chi connectivity index (χ0v) is 13.4. The lowest BCUT2D eigenvalue weighted by molar-refractivity contribution is -0.111. The monoisotopic (exact) mass is 321 g/mol. The molecule has 1 atom stereocenters. The number of amides is 1. The van der Waals surface area contributed by atoms with Crippen LogP contribution in [0.5, 0.6) is 0 Å². The lowest BCUT2D eigenvalue weighted by atomic mass is 9.98. The number of likely N-dealkylation sites (tertiary alicyclic amines) is 1. The lowest BCUT2D eigenvalue weighted by Gasteiger charge is -2.21. The number of benzene rings is 2. The molecule has 0 N–H and O–H groups in total. The van der Waals surface area contributed by atoms with E-state index in [2.05, 4.69) is 24.3 Å². The fourth-order valence-corrected chi connectivity index (χ4v) is 3.84. The van der Waals surface area contributed by atoms with Crippen LogP contribution in [0.15, 0.2) is 48.5 Å². The van der Waals surface area contributed by atoms with Crippen molar-refractivity contribution >= 4 is 12.4 Å². The number of carbonyl (C=O) groups is 2. The van der Waals surface area contributed by atoms with Gasteiger partial charge in [0, 0.05) is 12.5 Å². The van der Waals surface area contributed by atoms with Crippen LogP contribution in [0.4, 0.5) is 4.79 Å². The molecule has 2 aromatic carbocycles. The van der Waals surface area contributed by atoms with Gasteiger partial charge in [0.1, 0.15) is 12.9 Å². The molecule has 4 nitrogen and oxygen atoms in total. The topological polar surface area (TPSA) is 46.6 Å². The highest BCUT2D eigenvalue weighted by Gasteiger charge is 2.32. The average molecular weight is 321 g/mol. The van der Waals surface area contributed by atoms with E-state index in [9.17, 15) is 9.59 Å². The highest BCUT2D eigenvalue weighted by Crippen LogP contribution is 2.44. The summed E-state index contributed by atoms with van der Waals surface area (Å²) < 4.78 is 5.58. The van der Waals surface area contributed by atoms with E-state index in [-0.39, 0.29) is 18.1 Å². The predicted octanol–water partition coefficient (Wildman–Crippen LogP) is 3.60. The van der Waals surface area contributed by atoms with Crippen LogP contribution in [-0.4, -0.2) is 36.5 Å². The molecule has 1 amide bonds. The van der Waals surface area contributed by atoms with E-state index in [4.69, 9.17) is 4.74 Å². The minimum atomic E-state index is -0.383. The third kappa shape index (κ3) is 2.39. The Morgan fingerprint density at radius 3 is 2.33 bits per heavy atom. The Labute approximate surface area is 141 Å². The van der Waals surface area contributed by atoms with Crippen molar-refractivity contribution in [3.8, 4) is 11.1 Å². The van der Waals surface area contributed by atoms with Crippen molar-refractivity contribution < 1.29 is 14.3 Å². The molecular formula is C20H19NO3. The van der Waals surface area contributed by atoms with E-state index < -0.39 is 0 Å². The second-order valence-electron chi connectivity index (χ2n) is 6.34. The fraction of sp³-hybridized carbons (Fsp3) is 0.300. The van der Waals surface area contributed by atoms with Crippen LogP contribution in [0.2, 0.25) is 0 Å². The van der Waals surface area contributed by atoms with Crippen LogP contribution in [0.1, 0.15) is 29.9 Å². The summed E-state index contributed by atoms with van der Waals surface area (Å²) in [4.78, 5) is 24.9. The van der Waals surface area contributed by atoms with E-state index in [1.165, 1.54) is 22.3 Å². The average Bonchev–Trinajstić information content (AvgIpc) is 3.22. The van der Waals surface area contributed by atoms with Crippen molar-refractivity contribution in [1.82, 2.24) is 4.90 Å². The number of nitrogens with zero attached hydrogens (tertiary/aromatic N) is 1. The van der Waals surface area contributed by atoms with Crippen molar-refractivity contribution in [2.75, 3.05) is 13.2 Å². The molecule has 1 aliphatic carbocycles. The number of fused-ring (bicyclic) bond motifs is 3. The fourth-order valence-electron chi connectivity index (χ4n) is 3.84. The second-order valence-corrected chi connectivity index (χ2v) is 6.34. The van der Waals surface area contributed by atoms with Gasteiger partial charge in [-0.15, -0.1) is 0 Å². The number of carbonyl (C=O) groups excluding carboxylic acids is 2. The molecule has 0 spiro atoms. The maximum Gasteiger partial charge on any atom is 0.410 e. The van der Waals surface area contributed by atoms with Gasteiger partial charge in [-0.05, 0) is 35.1 Å². The summed E-state index contributed by atoms with van der Waals surface area (Å²) in [6.07, 6.45) is 2.04. The Morgan fingerprint density at radius 2 is 1.71 bits per heavy atom. The molecule has 1 heterocycles. The largest absolute Gasteiger partial charge is 0.448 e. The van der Waals surface area contributed by atoms with Crippen molar-refractivity contribution in [2.24, 2.45) is 0 Å². The first-order valence-electron chi connectivity index (χ1n) is 8.36. The zero-order chi connectivity index (χ0) is 16.5. The molecule has 2 aromatic rings. The van der Waals surface area contributed by atoms with Gasteiger partial charge in [-0.25, -0.2) is 4.79 Å². The van der Waals surface area contributed by atoms with Gasteiger partial charge in [-0.1, -0.05) is 48.5 Å². The number of rotatable bonds is 3. The highest BCUT2D eigenvalue weighted by molar-refractivity contribution is 5.79. The Bertz CT molecular complexity index is 740. The van der Waals surface area contributed by atoms with Gasteiger partial charge in [0.15, 0.2) is 0 Å². The van der Waals surface area contributed by atoms with Crippen LogP contribution in [-0.2, 0) is 9.53 Å². The Morgan fingerprint density at radius 1 is 1.08 bits per heavy atom. The third-order valence-electron chi connectivity index (χ3n) is 5.03. The van der Waals surface area contributed by atoms with E-state index in [0.29, 0.717) is 13.2 Å². The van der Waals surface area contributed by atoms with Gasteiger partial charge in [0.05, 0.1) is 6.04 Å². The highest BCUT2D eigenvalue weighted by atomic mass is 16.6. The first-order chi connectivity index (χ1) is 11.8. The molecule has 4 rings (SSSR count). The van der Waals surface area contributed by atoms with Gasteiger partial charge in [-0.3, -0.25) is 4.90 Å². The molecule has 4 heteroatoms. The van der Waals surface area contributed by atoms with Gasteiger partial charge < -0.3 is 9.53 Å². The molecule has 0 saturated carbocycles. The summed E-state index contributed by atoms with van der Waals surface area (Å²) in [5.74, 6) is 0.0543. The zero-order valence-electron chi connectivity index (χ0n) is 13.4. The van der Waals surface area contributed by atoms with E-state index in [0.717, 1.165) is 19.1 Å². The summed E-state index contributed by atoms with van der Waals surface area (Å²) >= 11 is 0. The predicted molar refractivity (Wildman–Crippen MR) is 90.9 cm³/mol. The molecule has 1 unspecified atom stereocenters. The number of ether oxygens (including phenoxy) is 1. The van der Waals surface area contributed by atoms with Gasteiger partial charge >= 0.3 is 6.09 Å². The smallest absolute Gasteiger partial charge is 0.410 e. The minimum Gasteiger partial charge on any atom is -0.448 e. The molecule has 2 aliphatic rings. The molecule has 24 heavy (non-hydrogen) atoms. The normalized spacial score (nSPS) is 19.0. The maximum atomic E-state index is 12.3. The molecule has 0 radical (unpaired) electrons. The molecule has 122 valence electrons. The summed E-state index contributed by atoms with van der Waals surface area (Å²) in [6.45, 7) is 0.898. The first-order valence-corrected chi connectivity index (χ1v) is 8.36. The molecular weight excluding hydrogens is 302 g/mol. The first kappa shape index (κ1) is 14.9. The van der Waals surface area contributed by atoms with E-state index >= 15 is 0 Å². The molecule has 1 fully saturated rings. The van der Waals surface area contributed by atoms with Crippen LogP contribution < -0.4 is 0 Å². The van der Waals surface area contributed by atoms with Crippen molar-refractivity contribution in [3.05, 3.63) is 59.7 Å². The molecule has 0 bridgehead atoms. The second kappa shape index (κ2) is 6.11. The SMILES string of the molecule is O=CC1CCCN1C(=O)OCC1c2ccccc2-c2ccccc21. The standard InChI is InChI=1S/C20H19NO3/c22-12-14-6-5-11-21(14)20(23)24-13-19-17-9-3-1-7-15(17)16-8-2-4-10-18(16)19/h1-4,7-10,12,14,19H,5-6,11,13H2. The quantitative estimate of drug-likeness (QED) is 0.812. The summed E-state index contributed by atoms with van der Waals surface area (Å²) in [5.41, 5.74) is 4.81. The number of aldehydes is 1. The van der Waals surface area contributed by atoms with Gasteiger partial charge in [-0.2, -0.15) is 0 Å². The Kier molecular flexibility index (Phi) is 3.81. The van der Waals surface area contributed by atoms with Crippen molar-refractivity contribution in [2.45, 2.75) is 24.8 Å². The van der Waals surface area contributed by atoms with E-state index in [1.807, 2.05) is 24.3 Å². The van der Waals surface area contributed by atoms with Crippen molar-refractivity contribution in [1.29, 1.82) is 0 Å². The van der Waals surface area contributed by atoms with Crippen LogP contribution >= 0.6 is 0 Å². The molecule has 1 aliphatic heterocycles.